The van der Waals surface area contributed by atoms with Gasteiger partial charge in [-0.1, -0.05) is 26.8 Å². The minimum absolute atomic E-state index is 0.0192. The Kier molecular flexibility index (Phi) is 3.95. The van der Waals surface area contributed by atoms with Crippen molar-refractivity contribution in [1.82, 2.24) is 0 Å². The van der Waals surface area contributed by atoms with Gasteiger partial charge in [0.15, 0.2) is 5.79 Å². The van der Waals surface area contributed by atoms with Crippen molar-refractivity contribution in [3.05, 3.63) is 28.8 Å². The first-order chi connectivity index (χ1) is 13.5. The molecule has 2 saturated heterocycles. The molecule has 1 aromatic rings. The SMILES string of the molecule is COc1ccc2c(c1C)CCC1(C)C3CCC21OC1(OC(C)(C)C(C)C1O)C3C. The molecule has 2 bridgehead atoms. The Morgan fingerprint density at radius 2 is 1.79 bits per heavy atom. The molecule has 1 spiro atoms. The molecular weight excluding hydrogens is 364 g/mol. The van der Waals surface area contributed by atoms with Crippen molar-refractivity contribution >= 4 is 0 Å². The van der Waals surface area contributed by atoms with Gasteiger partial charge in [0.1, 0.15) is 17.5 Å². The number of hydrogen-bond acceptors (Lipinski definition) is 4. The Labute approximate surface area is 174 Å². The van der Waals surface area contributed by atoms with Crippen LogP contribution in [-0.2, 0) is 21.5 Å². The molecule has 5 rings (SSSR count). The fourth-order valence-electron chi connectivity index (χ4n) is 7.54. The molecule has 2 aliphatic carbocycles. The summed E-state index contributed by atoms with van der Waals surface area (Å²) in [7, 11) is 1.74. The van der Waals surface area contributed by atoms with Crippen molar-refractivity contribution in [2.24, 2.45) is 23.2 Å². The van der Waals surface area contributed by atoms with Gasteiger partial charge in [-0.05, 0) is 75.1 Å². The Morgan fingerprint density at radius 3 is 2.41 bits per heavy atom. The van der Waals surface area contributed by atoms with E-state index in [1.165, 1.54) is 16.7 Å². The van der Waals surface area contributed by atoms with E-state index in [-0.39, 0.29) is 17.3 Å². The summed E-state index contributed by atoms with van der Waals surface area (Å²) >= 11 is 0. The highest BCUT2D eigenvalue weighted by Gasteiger charge is 2.75. The number of methoxy groups -OCH3 is 1. The molecular formula is C25H36O4. The summed E-state index contributed by atoms with van der Waals surface area (Å²) in [6.07, 6.45) is 3.65. The van der Waals surface area contributed by atoms with E-state index in [1.807, 2.05) is 0 Å². The lowest BCUT2D eigenvalue weighted by atomic mass is 9.55. The Hall–Kier alpha value is -1.10. The summed E-state index contributed by atoms with van der Waals surface area (Å²) in [6, 6.07) is 4.31. The van der Waals surface area contributed by atoms with Crippen LogP contribution in [0, 0.1) is 30.1 Å². The summed E-state index contributed by atoms with van der Waals surface area (Å²) in [4.78, 5) is 0. The lowest BCUT2D eigenvalue weighted by molar-refractivity contribution is -0.391. The average Bonchev–Trinajstić information content (AvgIpc) is 3.00. The third-order valence-electron chi connectivity index (χ3n) is 9.62. The molecule has 7 atom stereocenters. The van der Waals surface area contributed by atoms with Crippen LogP contribution in [0.2, 0.25) is 0 Å². The topological polar surface area (TPSA) is 47.9 Å². The molecule has 3 fully saturated rings. The molecule has 4 heteroatoms. The van der Waals surface area contributed by atoms with Crippen molar-refractivity contribution in [3.8, 4) is 5.75 Å². The number of fused-ring (bicyclic) bond motifs is 1. The summed E-state index contributed by atoms with van der Waals surface area (Å²) in [6.45, 7) is 13.1. The van der Waals surface area contributed by atoms with Crippen LogP contribution in [0.15, 0.2) is 12.1 Å². The van der Waals surface area contributed by atoms with E-state index in [0.29, 0.717) is 5.92 Å². The highest BCUT2D eigenvalue weighted by molar-refractivity contribution is 5.50. The Balaban J connectivity index is 1.71. The monoisotopic (exact) mass is 400 g/mol. The standard InChI is InChI=1S/C25H36O4/c1-14-17-10-12-23(6)18-11-13-24(23,19(17)8-9-20(14)27-7)29-25(15(18)2)21(26)16(3)22(4,5)28-25/h8-9,15-16,18,21,26H,10-13H2,1-7H3. The highest BCUT2D eigenvalue weighted by atomic mass is 16.7. The fraction of sp³-hybridized carbons (Fsp3) is 0.760. The maximum atomic E-state index is 11.4. The second-order valence-electron chi connectivity index (χ2n) is 10.9. The molecule has 7 unspecified atom stereocenters. The van der Waals surface area contributed by atoms with Crippen LogP contribution in [0.25, 0.3) is 0 Å². The maximum Gasteiger partial charge on any atom is 0.199 e. The van der Waals surface area contributed by atoms with Gasteiger partial charge in [-0.15, -0.1) is 0 Å². The smallest absolute Gasteiger partial charge is 0.199 e. The van der Waals surface area contributed by atoms with E-state index in [9.17, 15) is 5.11 Å². The first kappa shape index (κ1) is 19.8. The fourth-order valence-corrected chi connectivity index (χ4v) is 7.54. The van der Waals surface area contributed by atoms with E-state index in [1.54, 1.807) is 7.11 Å². The van der Waals surface area contributed by atoms with Crippen LogP contribution >= 0.6 is 0 Å². The molecule has 0 radical (unpaired) electrons. The summed E-state index contributed by atoms with van der Waals surface area (Å²) < 4.78 is 19.5. The van der Waals surface area contributed by atoms with Gasteiger partial charge in [0, 0.05) is 17.3 Å². The van der Waals surface area contributed by atoms with Crippen LogP contribution in [0.5, 0.6) is 5.75 Å². The Bertz CT molecular complexity index is 863. The van der Waals surface area contributed by atoms with Crippen molar-refractivity contribution in [3.63, 3.8) is 0 Å². The number of aliphatic hydroxyl groups excluding tert-OH is 1. The zero-order valence-electron chi connectivity index (χ0n) is 19.0. The van der Waals surface area contributed by atoms with Crippen molar-refractivity contribution in [1.29, 1.82) is 0 Å². The first-order valence-electron chi connectivity index (χ1n) is 11.3. The molecule has 0 aromatic heterocycles. The minimum atomic E-state index is -0.938. The van der Waals surface area contributed by atoms with Gasteiger partial charge in [0.05, 0.1) is 12.7 Å². The zero-order chi connectivity index (χ0) is 21.0. The van der Waals surface area contributed by atoms with E-state index >= 15 is 0 Å². The number of hydrogen-bond donors (Lipinski definition) is 1. The third kappa shape index (κ3) is 2.11. The molecule has 29 heavy (non-hydrogen) atoms. The van der Waals surface area contributed by atoms with E-state index < -0.39 is 23.1 Å². The molecule has 4 aliphatic rings. The van der Waals surface area contributed by atoms with E-state index in [4.69, 9.17) is 14.2 Å². The van der Waals surface area contributed by atoms with Crippen molar-refractivity contribution < 1.29 is 19.3 Å². The molecule has 2 aliphatic heterocycles. The molecule has 1 N–H and O–H groups in total. The maximum absolute atomic E-state index is 11.4. The largest absolute Gasteiger partial charge is 0.496 e. The molecule has 160 valence electrons. The molecule has 1 saturated carbocycles. The normalized spacial score (nSPS) is 47.2. The summed E-state index contributed by atoms with van der Waals surface area (Å²) in [5.41, 5.74) is 3.13. The van der Waals surface area contributed by atoms with Crippen LogP contribution in [-0.4, -0.2) is 29.7 Å². The predicted octanol–water partition coefficient (Wildman–Crippen LogP) is 4.73. The van der Waals surface area contributed by atoms with Gasteiger partial charge in [0.25, 0.3) is 0 Å². The van der Waals surface area contributed by atoms with Crippen LogP contribution < -0.4 is 4.74 Å². The number of rotatable bonds is 1. The molecule has 4 nitrogen and oxygen atoms in total. The lowest BCUT2D eigenvalue weighted by Gasteiger charge is -2.61. The van der Waals surface area contributed by atoms with Crippen LogP contribution in [0.3, 0.4) is 0 Å². The Morgan fingerprint density at radius 1 is 1.07 bits per heavy atom. The van der Waals surface area contributed by atoms with Crippen LogP contribution in [0.1, 0.15) is 70.6 Å². The predicted molar refractivity (Wildman–Crippen MR) is 112 cm³/mol. The van der Waals surface area contributed by atoms with E-state index in [0.717, 1.165) is 31.4 Å². The lowest BCUT2D eigenvalue weighted by Crippen LogP contribution is -2.65. The zero-order valence-corrected chi connectivity index (χ0v) is 19.0. The number of aliphatic hydroxyl groups is 1. The molecule has 2 heterocycles. The van der Waals surface area contributed by atoms with Crippen molar-refractivity contribution in [2.45, 2.75) is 90.3 Å². The third-order valence-corrected chi connectivity index (χ3v) is 9.62. The van der Waals surface area contributed by atoms with Gasteiger partial charge in [0.2, 0.25) is 0 Å². The molecule has 1 aromatic carbocycles. The van der Waals surface area contributed by atoms with Gasteiger partial charge in [-0.25, -0.2) is 0 Å². The second kappa shape index (κ2) is 5.77. The summed E-state index contributed by atoms with van der Waals surface area (Å²) in [5.74, 6) is 0.659. The van der Waals surface area contributed by atoms with Crippen molar-refractivity contribution in [2.75, 3.05) is 7.11 Å². The van der Waals surface area contributed by atoms with E-state index in [2.05, 4.69) is 53.7 Å². The van der Waals surface area contributed by atoms with Crippen LogP contribution in [0.4, 0.5) is 0 Å². The average molecular weight is 401 g/mol. The first-order valence-corrected chi connectivity index (χ1v) is 11.3. The van der Waals surface area contributed by atoms with Gasteiger partial charge < -0.3 is 19.3 Å². The summed E-state index contributed by atoms with van der Waals surface area (Å²) in [5, 5.41) is 11.4. The van der Waals surface area contributed by atoms with Gasteiger partial charge in [-0.3, -0.25) is 0 Å². The second-order valence-corrected chi connectivity index (χ2v) is 10.9. The minimum Gasteiger partial charge on any atom is -0.496 e. The molecule has 0 amide bonds. The van der Waals surface area contributed by atoms with Gasteiger partial charge in [-0.2, -0.15) is 0 Å². The highest BCUT2D eigenvalue weighted by Crippen LogP contribution is 2.72. The number of benzene rings is 1. The number of ether oxygens (including phenoxy) is 3. The van der Waals surface area contributed by atoms with Gasteiger partial charge >= 0.3 is 0 Å². The quantitative estimate of drug-likeness (QED) is 0.740.